The number of hydrogen-bond acceptors (Lipinski definition) is 0. The zero-order valence-electron chi connectivity index (χ0n) is 5.15. The molecule has 0 saturated carbocycles. The van der Waals surface area contributed by atoms with Gasteiger partial charge in [0.15, 0.2) is 0 Å². The fourth-order valence-electron chi connectivity index (χ4n) is 0. The van der Waals surface area contributed by atoms with Gasteiger partial charge in [0.25, 0.3) is 0 Å². The zero-order chi connectivity index (χ0) is 0. The number of hydrogen-bond donors (Lipinski definition) is 0. The van der Waals surface area contributed by atoms with Crippen LogP contribution in [0.2, 0.25) is 0 Å². The van der Waals surface area contributed by atoms with E-state index < -0.39 is 0 Å². The Morgan fingerprint density at radius 1 is 0.182 bits per heavy atom. The average Bonchev–Trinajstić information content (AvgIpc) is 0. The molecular formula is Cl8Zn3-2. The van der Waals surface area contributed by atoms with Crippen LogP contribution in [0.15, 0.2) is 0 Å². The van der Waals surface area contributed by atoms with Crippen molar-refractivity contribution in [2.75, 3.05) is 0 Å². The Morgan fingerprint density at radius 3 is 0.182 bits per heavy atom. The molecule has 0 spiro atoms. The van der Waals surface area contributed by atoms with Gasteiger partial charge in [-0.1, -0.05) is 0 Å². The zero-order valence-corrected chi connectivity index (χ0v) is 20.1. The van der Waals surface area contributed by atoms with Crippen molar-refractivity contribution in [2.24, 2.45) is 0 Å². The van der Waals surface area contributed by atoms with Crippen LogP contribution in [-0.4, -0.2) is 0 Å². The van der Waals surface area contributed by atoms with E-state index >= 15 is 0 Å². The minimum atomic E-state index is 0. The van der Waals surface area contributed by atoms with Crippen molar-refractivity contribution in [1.29, 1.82) is 0 Å². The molecule has 0 aromatic carbocycles. The first-order chi connectivity index (χ1) is 0. The molecule has 0 aliphatic rings. The van der Waals surface area contributed by atoms with E-state index in [9.17, 15) is 0 Å². The Labute approximate surface area is 155 Å². The van der Waals surface area contributed by atoms with E-state index in [1.807, 2.05) is 0 Å². The predicted molar refractivity (Wildman–Crippen MR) is 0 cm³/mol. The van der Waals surface area contributed by atoms with Gasteiger partial charge >= 0.3 is 58.4 Å². The second-order valence-electron chi connectivity index (χ2n) is 0. The van der Waals surface area contributed by atoms with Crippen LogP contribution in [0.4, 0.5) is 0 Å². The third-order valence-corrected chi connectivity index (χ3v) is 0. The number of halogens is 8. The van der Waals surface area contributed by atoms with Crippen molar-refractivity contribution in [3.8, 4) is 0 Å². The summed E-state index contributed by atoms with van der Waals surface area (Å²) in [5.74, 6) is 0. The average molecular weight is 480 g/mol. The molecule has 0 aromatic rings. The van der Waals surface area contributed by atoms with E-state index in [-0.39, 0.29) is 158 Å². The van der Waals surface area contributed by atoms with Gasteiger partial charge in [0.1, 0.15) is 0 Å². The van der Waals surface area contributed by atoms with Crippen LogP contribution >= 0.6 is 0 Å². The molecule has 0 heterocycles. The summed E-state index contributed by atoms with van der Waals surface area (Å²) in [7, 11) is 0. The first-order valence-electron chi connectivity index (χ1n) is 0. The molecule has 0 aliphatic heterocycles. The predicted octanol–water partition coefficient (Wildman–Crippen LogP) is -24.0. The quantitative estimate of drug-likeness (QED) is 0.303. The van der Waals surface area contributed by atoms with Crippen LogP contribution in [0.25, 0.3) is 0 Å². The largest absolute Gasteiger partial charge is 2.00 e. The molecule has 0 fully saturated rings. The number of rotatable bonds is 0. The maximum Gasteiger partial charge on any atom is 2.00 e. The standard InChI is InChI=1S/8ClH.3Zn/h8*1H;;;/q;;;;;;;;3*+2/p-8. The molecule has 0 atom stereocenters. The minimum absolute atomic E-state index is 0. The summed E-state index contributed by atoms with van der Waals surface area (Å²) < 4.78 is 0. The first-order valence-corrected chi connectivity index (χ1v) is 0. The van der Waals surface area contributed by atoms with Crippen molar-refractivity contribution >= 4 is 0 Å². The Balaban J connectivity index is 0. The fourth-order valence-corrected chi connectivity index (χ4v) is 0. The van der Waals surface area contributed by atoms with Crippen molar-refractivity contribution in [3.05, 3.63) is 0 Å². The van der Waals surface area contributed by atoms with Crippen LogP contribution in [0.5, 0.6) is 0 Å². The van der Waals surface area contributed by atoms with Gasteiger partial charge in [0.2, 0.25) is 0 Å². The van der Waals surface area contributed by atoms with Gasteiger partial charge < -0.3 is 99.3 Å². The molecule has 0 aliphatic carbocycles. The molecule has 0 bridgehead atoms. The maximum atomic E-state index is 0. The summed E-state index contributed by atoms with van der Waals surface area (Å²) in [4.78, 5) is 0. The van der Waals surface area contributed by atoms with E-state index in [4.69, 9.17) is 0 Å². The van der Waals surface area contributed by atoms with Crippen molar-refractivity contribution < 1.29 is 158 Å². The van der Waals surface area contributed by atoms with E-state index in [1.54, 1.807) is 0 Å². The van der Waals surface area contributed by atoms with Crippen molar-refractivity contribution in [1.82, 2.24) is 0 Å². The molecule has 0 unspecified atom stereocenters. The summed E-state index contributed by atoms with van der Waals surface area (Å²) in [6.45, 7) is 0. The maximum absolute atomic E-state index is 0. The van der Waals surface area contributed by atoms with Crippen LogP contribution < -0.4 is 99.3 Å². The van der Waals surface area contributed by atoms with E-state index in [0.717, 1.165) is 0 Å². The van der Waals surface area contributed by atoms with Gasteiger partial charge in [-0.25, -0.2) is 0 Å². The third-order valence-electron chi connectivity index (χ3n) is 0. The van der Waals surface area contributed by atoms with Gasteiger partial charge in [0.05, 0.1) is 0 Å². The summed E-state index contributed by atoms with van der Waals surface area (Å²) in [5, 5.41) is 0. The molecule has 64 valence electrons. The van der Waals surface area contributed by atoms with E-state index in [0.29, 0.717) is 0 Å². The van der Waals surface area contributed by atoms with Crippen molar-refractivity contribution in [3.63, 3.8) is 0 Å². The molecule has 0 saturated heterocycles. The van der Waals surface area contributed by atoms with Gasteiger partial charge in [-0.05, 0) is 0 Å². The summed E-state index contributed by atoms with van der Waals surface area (Å²) in [6.07, 6.45) is 0. The van der Waals surface area contributed by atoms with Crippen LogP contribution in [0, 0.1) is 0 Å². The van der Waals surface area contributed by atoms with Crippen LogP contribution in [0.1, 0.15) is 0 Å². The fraction of sp³-hybridized carbons (Fsp3) is 0. The molecule has 0 radical (unpaired) electrons. The van der Waals surface area contributed by atoms with Gasteiger partial charge in [-0.2, -0.15) is 0 Å². The first kappa shape index (κ1) is 174. The van der Waals surface area contributed by atoms with Gasteiger partial charge in [0, 0.05) is 0 Å². The van der Waals surface area contributed by atoms with Gasteiger partial charge in [-0.3, -0.25) is 0 Å². The second kappa shape index (κ2) is 141. The molecule has 0 aromatic heterocycles. The SMILES string of the molecule is [Cl-].[Cl-].[Cl-].[Cl-].[Cl-].[Cl-].[Cl-].[Cl-].[Zn+2].[Zn+2].[Zn+2]. The topological polar surface area (TPSA) is 0 Å². The summed E-state index contributed by atoms with van der Waals surface area (Å²) in [6, 6.07) is 0. The normalized spacial score (nSPS) is 0. The Hall–Kier alpha value is 4.19. The van der Waals surface area contributed by atoms with E-state index in [2.05, 4.69) is 0 Å². The Kier molecular flexibility index (Phi) is 2230. The second-order valence-corrected chi connectivity index (χ2v) is 0. The summed E-state index contributed by atoms with van der Waals surface area (Å²) in [5.41, 5.74) is 0. The van der Waals surface area contributed by atoms with E-state index in [1.165, 1.54) is 0 Å². The van der Waals surface area contributed by atoms with Crippen molar-refractivity contribution in [2.45, 2.75) is 0 Å². The molecule has 11 heavy (non-hydrogen) atoms. The monoisotopic (exact) mass is 472 g/mol. The molecule has 0 N–H and O–H groups in total. The van der Waals surface area contributed by atoms with Crippen LogP contribution in [0.3, 0.4) is 0 Å². The molecule has 11 heteroatoms. The molecule has 0 rings (SSSR count). The Bertz CT molecular complexity index is 9.30. The molecule has 0 nitrogen and oxygen atoms in total. The molecular weight excluding hydrogens is 480 g/mol. The Morgan fingerprint density at radius 2 is 0.182 bits per heavy atom. The minimum Gasteiger partial charge on any atom is -1.00 e. The molecule has 0 amide bonds. The third kappa shape index (κ3) is 120. The van der Waals surface area contributed by atoms with Crippen LogP contribution in [-0.2, 0) is 58.4 Å². The van der Waals surface area contributed by atoms with Gasteiger partial charge in [-0.15, -0.1) is 0 Å². The summed E-state index contributed by atoms with van der Waals surface area (Å²) >= 11 is 0. The smallest absolute Gasteiger partial charge is 1.00 e.